The summed E-state index contributed by atoms with van der Waals surface area (Å²) in [5.74, 6) is -0.615. The molecule has 8 nitrogen and oxygen atoms in total. The van der Waals surface area contributed by atoms with Crippen molar-refractivity contribution < 1.29 is 13.2 Å². The first kappa shape index (κ1) is 18.5. The molecule has 1 fully saturated rings. The van der Waals surface area contributed by atoms with Crippen LogP contribution >= 0.6 is 0 Å². The van der Waals surface area contributed by atoms with Gasteiger partial charge in [-0.25, -0.2) is 8.42 Å². The third-order valence-corrected chi connectivity index (χ3v) is 5.02. The van der Waals surface area contributed by atoms with Crippen LogP contribution in [0.5, 0.6) is 0 Å². The number of piperazine rings is 1. The molecule has 1 aliphatic heterocycles. The number of rotatable bonds is 4. The molecular formula is C16H17N5O3S. The first-order chi connectivity index (χ1) is 11.8. The minimum Gasteiger partial charge on any atom is -0.373 e. The molecule has 0 saturated carbocycles. The lowest BCUT2D eigenvalue weighted by atomic mass is 10.2. The van der Waals surface area contributed by atoms with Gasteiger partial charge in [-0.1, -0.05) is 12.1 Å². The van der Waals surface area contributed by atoms with Crippen LogP contribution in [0.3, 0.4) is 0 Å². The van der Waals surface area contributed by atoms with Gasteiger partial charge in [0.05, 0.1) is 17.5 Å². The number of hydrogen-bond donors (Lipinski definition) is 1. The van der Waals surface area contributed by atoms with Crippen LogP contribution in [0.2, 0.25) is 0 Å². The Balaban J connectivity index is 2.07. The number of para-hydroxylation sites is 1. The average Bonchev–Trinajstić information content (AvgIpc) is 2.59. The Hall–Kier alpha value is -2.88. The van der Waals surface area contributed by atoms with Gasteiger partial charge in [-0.05, 0) is 12.1 Å². The van der Waals surface area contributed by atoms with Gasteiger partial charge in [-0.3, -0.25) is 4.79 Å². The number of hydrogen-bond acceptors (Lipinski definition) is 6. The zero-order valence-electron chi connectivity index (χ0n) is 13.6. The third-order valence-electron chi connectivity index (χ3n) is 3.71. The Morgan fingerprint density at radius 3 is 2.40 bits per heavy atom. The maximum Gasteiger partial charge on any atom is 0.267 e. The lowest BCUT2D eigenvalue weighted by Crippen LogP contribution is -2.46. The fourth-order valence-electron chi connectivity index (χ4n) is 2.36. The van der Waals surface area contributed by atoms with E-state index in [0.29, 0.717) is 37.4 Å². The molecule has 130 valence electrons. The Kier molecular flexibility index (Phi) is 5.75. The SMILES string of the molecule is CS(=O)(=O)N1CCN(/C=C(/C#N)C(=O)Nc2ccccc2C#N)CC1. The summed E-state index contributed by atoms with van der Waals surface area (Å²) in [6, 6.07) is 10.3. The lowest BCUT2D eigenvalue weighted by molar-refractivity contribution is -0.112. The predicted octanol–water partition coefficient (Wildman–Crippen LogP) is 0.481. The zero-order chi connectivity index (χ0) is 18.4. The Morgan fingerprint density at radius 2 is 1.84 bits per heavy atom. The molecule has 0 aromatic heterocycles. The summed E-state index contributed by atoms with van der Waals surface area (Å²) in [5, 5.41) is 20.8. The van der Waals surface area contributed by atoms with Gasteiger partial charge in [-0.2, -0.15) is 14.8 Å². The van der Waals surface area contributed by atoms with Gasteiger partial charge in [-0.15, -0.1) is 0 Å². The summed E-state index contributed by atoms with van der Waals surface area (Å²) in [4.78, 5) is 14.0. The fraction of sp³-hybridized carbons (Fsp3) is 0.312. The van der Waals surface area contributed by atoms with E-state index in [-0.39, 0.29) is 5.57 Å². The van der Waals surface area contributed by atoms with Crippen LogP contribution in [-0.2, 0) is 14.8 Å². The predicted molar refractivity (Wildman–Crippen MR) is 91.5 cm³/mol. The van der Waals surface area contributed by atoms with Crippen molar-refractivity contribution in [3.8, 4) is 12.1 Å². The van der Waals surface area contributed by atoms with Crippen molar-refractivity contribution in [1.82, 2.24) is 9.21 Å². The molecular weight excluding hydrogens is 342 g/mol. The molecule has 1 amide bonds. The highest BCUT2D eigenvalue weighted by Gasteiger charge is 2.23. The van der Waals surface area contributed by atoms with E-state index in [1.54, 1.807) is 29.2 Å². The molecule has 0 spiro atoms. The molecule has 1 aromatic rings. The Labute approximate surface area is 146 Å². The quantitative estimate of drug-likeness (QED) is 0.617. The second-order valence-corrected chi connectivity index (χ2v) is 7.45. The van der Waals surface area contributed by atoms with E-state index < -0.39 is 15.9 Å². The van der Waals surface area contributed by atoms with Crippen molar-refractivity contribution in [1.29, 1.82) is 10.5 Å². The highest BCUT2D eigenvalue weighted by molar-refractivity contribution is 7.88. The number of nitrogens with one attached hydrogen (secondary N) is 1. The van der Waals surface area contributed by atoms with Crippen LogP contribution in [0.15, 0.2) is 36.0 Å². The van der Waals surface area contributed by atoms with E-state index in [2.05, 4.69) is 5.32 Å². The number of sulfonamides is 1. The maximum absolute atomic E-state index is 12.3. The van der Waals surface area contributed by atoms with Gasteiger partial charge in [0.1, 0.15) is 17.7 Å². The molecule has 0 aliphatic carbocycles. The Bertz CT molecular complexity index is 872. The number of nitriles is 2. The summed E-state index contributed by atoms with van der Waals surface area (Å²) < 4.78 is 24.3. The van der Waals surface area contributed by atoms with Crippen LogP contribution in [0.1, 0.15) is 5.56 Å². The summed E-state index contributed by atoms with van der Waals surface area (Å²) >= 11 is 0. The van der Waals surface area contributed by atoms with Crippen molar-refractivity contribution in [2.75, 3.05) is 37.8 Å². The van der Waals surface area contributed by atoms with E-state index in [1.807, 2.05) is 12.1 Å². The monoisotopic (exact) mass is 359 g/mol. The number of benzene rings is 1. The Morgan fingerprint density at radius 1 is 1.20 bits per heavy atom. The number of carbonyl (C=O) groups excluding carboxylic acids is 1. The summed E-state index contributed by atoms with van der Waals surface area (Å²) in [6.45, 7) is 1.38. The summed E-state index contributed by atoms with van der Waals surface area (Å²) in [6.07, 6.45) is 2.57. The van der Waals surface area contributed by atoms with E-state index >= 15 is 0 Å². The van der Waals surface area contributed by atoms with Gasteiger partial charge < -0.3 is 10.2 Å². The number of nitrogens with zero attached hydrogens (tertiary/aromatic N) is 4. The molecule has 1 saturated heterocycles. The molecule has 1 aliphatic rings. The molecule has 0 radical (unpaired) electrons. The molecule has 1 aromatic carbocycles. The minimum absolute atomic E-state index is 0.111. The molecule has 1 heterocycles. The molecule has 2 rings (SSSR count). The minimum atomic E-state index is -3.24. The van der Waals surface area contributed by atoms with Gasteiger partial charge in [0, 0.05) is 32.4 Å². The number of anilines is 1. The molecule has 0 bridgehead atoms. The van der Waals surface area contributed by atoms with Crippen molar-refractivity contribution in [3.63, 3.8) is 0 Å². The van der Waals surface area contributed by atoms with Gasteiger partial charge in [0.25, 0.3) is 5.91 Å². The highest BCUT2D eigenvalue weighted by Crippen LogP contribution is 2.15. The van der Waals surface area contributed by atoms with E-state index in [4.69, 9.17) is 5.26 Å². The first-order valence-corrected chi connectivity index (χ1v) is 9.31. The van der Waals surface area contributed by atoms with E-state index in [1.165, 1.54) is 10.5 Å². The van der Waals surface area contributed by atoms with E-state index in [9.17, 15) is 18.5 Å². The third kappa shape index (κ3) is 4.80. The smallest absolute Gasteiger partial charge is 0.267 e. The molecule has 0 atom stereocenters. The second kappa shape index (κ2) is 7.79. The maximum atomic E-state index is 12.3. The highest BCUT2D eigenvalue weighted by atomic mass is 32.2. The number of amides is 1. The lowest BCUT2D eigenvalue weighted by Gasteiger charge is -2.32. The van der Waals surface area contributed by atoms with Crippen molar-refractivity contribution in [2.24, 2.45) is 0 Å². The standard InChI is InChI=1S/C16H17N5O3S/c1-25(23,24)21-8-6-20(7-9-21)12-14(11-18)16(22)19-15-5-3-2-4-13(15)10-17/h2-5,12H,6-9H2,1H3,(H,19,22)/b14-12-. The van der Waals surface area contributed by atoms with Gasteiger partial charge >= 0.3 is 0 Å². The second-order valence-electron chi connectivity index (χ2n) is 5.46. The molecule has 9 heteroatoms. The molecule has 25 heavy (non-hydrogen) atoms. The fourth-order valence-corrected chi connectivity index (χ4v) is 3.19. The van der Waals surface area contributed by atoms with E-state index in [0.717, 1.165) is 6.26 Å². The normalized spacial score (nSPS) is 16.0. The van der Waals surface area contributed by atoms with Crippen molar-refractivity contribution in [2.45, 2.75) is 0 Å². The van der Waals surface area contributed by atoms with Crippen LogP contribution in [0, 0.1) is 22.7 Å². The van der Waals surface area contributed by atoms with Gasteiger partial charge in [0.2, 0.25) is 10.0 Å². The van der Waals surface area contributed by atoms with Crippen LogP contribution in [0.25, 0.3) is 0 Å². The molecule has 1 N–H and O–H groups in total. The first-order valence-electron chi connectivity index (χ1n) is 7.46. The zero-order valence-corrected chi connectivity index (χ0v) is 14.5. The summed E-state index contributed by atoms with van der Waals surface area (Å²) in [7, 11) is -3.24. The number of carbonyl (C=O) groups is 1. The van der Waals surface area contributed by atoms with Crippen LogP contribution < -0.4 is 5.32 Å². The largest absolute Gasteiger partial charge is 0.373 e. The topological polar surface area (TPSA) is 117 Å². The van der Waals surface area contributed by atoms with Crippen LogP contribution in [0.4, 0.5) is 5.69 Å². The van der Waals surface area contributed by atoms with Crippen LogP contribution in [-0.4, -0.2) is 56.0 Å². The average molecular weight is 359 g/mol. The van der Waals surface area contributed by atoms with Crippen molar-refractivity contribution in [3.05, 3.63) is 41.6 Å². The summed E-state index contributed by atoms with van der Waals surface area (Å²) in [5.41, 5.74) is 0.522. The van der Waals surface area contributed by atoms with Gasteiger partial charge in [0.15, 0.2) is 0 Å². The van der Waals surface area contributed by atoms with Crippen molar-refractivity contribution >= 4 is 21.6 Å². The molecule has 0 unspecified atom stereocenters.